The number of para-hydroxylation sites is 2. The summed E-state index contributed by atoms with van der Waals surface area (Å²) in [4.78, 5) is 15.1. The van der Waals surface area contributed by atoms with Crippen LogP contribution in [0.1, 0.15) is 0 Å². The molecular weight excluding hydrogens is 779 g/mol. The van der Waals surface area contributed by atoms with E-state index in [9.17, 15) is 0 Å². The molecule has 5 heteroatoms. The lowest BCUT2D eigenvalue weighted by Crippen LogP contribution is -2.00. The molecule has 5 nitrogen and oxygen atoms in total. The van der Waals surface area contributed by atoms with Gasteiger partial charge in [-0.05, 0) is 81.2 Å². The molecule has 0 saturated heterocycles. The molecule has 0 saturated carbocycles. The molecule has 64 heavy (non-hydrogen) atoms. The zero-order valence-electron chi connectivity index (χ0n) is 34.6. The topological polar surface area (TPSA) is 48.5 Å². The quantitative estimate of drug-likeness (QED) is 0.168. The second-order valence-electron chi connectivity index (χ2n) is 16.4. The van der Waals surface area contributed by atoms with E-state index < -0.39 is 0 Å². The van der Waals surface area contributed by atoms with E-state index in [4.69, 9.17) is 15.0 Å². The van der Waals surface area contributed by atoms with Gasteiger partial charge in [0.1, 0.15) is 0 Å². The van der Waals surface area contributed by atoms with Gasteiger partial charge in [0.15, 0.2) is 17.5 Å². The molecular formula is C59H37N5. The Kier molecular flexibility index (Phi) is 8.15. The number of fused-ring (bicyclic) bond motifs is 9. The van der Waals surface area contributed by atoms with Gasteiger partial charge in [0.05, 0.1) is 22.1 Å². The fourth-order valence-corrected chi connectivity index (χ4v) is 9.86. The molecule has 0 unspecified atom stereocenters. The van der Waals surface area contributed by atoms with Crippen LogP contribution in [-0.2, 0) is 0 Å². The number of hydrogen-bond acceptors (Lipinski definition) is 3. The zero-order chi connectivity index (χ0) is 42.1. The third-order valence-corrected chi connectivity index (χ3v) is 12.7. The summed E-state index contributed by atoms with van der Waals surface area (Å²) >= 11 is 0. The summed E-state index contributed by atoms with van der Waals surface area (Å²) in [5, 5.41) is 9.59. The second-order valence-corrected chi connectivity index (χ2v) is 16.4. The standard InChI is InChI=1S/C59H37N5/c1-5-18-38(19-6-1)49-36-55-56(47-29-14-13-27-45(47)49)51-35-50-46-28-15-16-31-52(46)64(53(50)37-54(51)63(55)42-25-11-4-12-26-42)43-32-33-44-41(34-43)24-17-30-48(44)59-61-57(39-20-7-2-8-21-39)60-58(62-59)40-22-9-3-10-23-40/h1-37H. The van der Waals surface area contributed by atoms with Crippen LogP contribution in [0.4, 0.5) is 0 Å². The first-order chi connectivity index (χ1) is 31.7. The summed E-state index contributed by atoms with van der Waals surface area (Å²) in [7, 11) is 0. The number of hydrogen-bond donors (Lipinski definition) is 0. The predicted molar refractivity (Wildman–Crippen MR) is 265 cm³/mol. The van der Waals surface area contributed by atoms with Crippen LogP contribution >= 0.6 is 0 Å². The molecule has 0 aliphatic rings. The van der Waals surface area contributed by atoms with E-state index in [0.29, 0.717) is 17.5 Å². The van der Waals surface area contributed by atoms with Crippen molar-refractivity contribution in [1.82, 2.24) is 24.1 Å². The number of nitrogens with zero attached hydrogens (tertiary/aromatic N) is 5. The third-order valence-electron chi connectivity index (χ3n) is 12.7. The molecule has 0 bridgehead atoms. The van der Waals surface area contributed by atoms with Crippen molar-refractivity contribution >= 4 is 65.2 Å². The van der Waals surface area contributed by atoms with Crippen LogP contribution < -0.4 is 0 Å². The lowest BCUT2D eigenvalue weighted by Gasteiger charge is -2.13. The van der Waals surface area contributed by atoms with E-state index in [1.54, 1.807) is 0 Å². The van der Waals surface area contributed by atoms with Crippen molar-refractivity contribution in [2.75, 3.05) is 0 Å². The minimum absolute atomic E-state index is 0.641. The first-order valence-corrected chi connectivity index (χ1v) is 21.7. The van der Waals surface area contributed by atoms with Crippen LogP contribution in [0.15, 0.2) is 224 Å². The van der Waals surface area contributed by atoms with Crippen LogP contribution in [-0.4, -0.2) is 24.1 Å². The molecule has 10 aromatic carbocycles. The maximum absolute atomic E-state index is 5.10. The van der Waals surface area contributed by atoms with E-state index in [2.05, 4.69) is 173 Å². The second kappa shape index (κ2) is 14.5. The molecule has 3 heterocycles. The Bertz CT molecular complexity index is 3870. The molecule has 0 aliphatic heterocycles. The van der Waals surface area contributed by atoms with Crippen LogP contribution in [0.3, 0.4) is 0 Å². The van der Waals surface area contributed by atoms with Crippen molar-refractivity contribution in [2.45, 2.75) is 0 Å². The molecule has 13 aromatic rings. The first-order valence-electron chi connectivity index (χ1n) is 21.7. The van der Waals surface area contributed by atoms with Crippen LogP contribution in [0.25, 0.3) is 122 Å². The summed E-state index contributed by atoms with van der Waals surface area (Å²) in [6, 6.07) is 80.0. The van der Waals surface area contributed by atoms with Crippen molar-refractivity contribution in [2.24, 2.45) is 0 Å². The molecule has 0 amide bonds. The summed E-state index contributed by atoms with van der Waals surface area (Å²) in [6.45, 7) is 0. The van der Waals surface area contributed by atoms with Crippen molar-refractivity contribution in [3.63, 3.8) is 0 Å². The summed E-state index contributed by atoms with van der Waals surface area (Å²) in [5.41, 5.74) is 12.1. The average molecular weight is 816 g/mol. The Balaban J connectivity index is 1.05. The monoisotopic (exact) mass is 815 g/mol. The van der Waals surface area contributed by atoms with Gasteiger partial charge in [-0.3, -0.25) is 0 Å². The fourth-order valence-electron chi connectivity index (χ4n) is 9.86. The van der Waals surface area contributed by atoms with Gasteiger partial charge in [-0.15, -0.1) is 0 Å². The van der Waals surface area contributed by atoms with Gasteiger partial charge in [-0.25, -0.2) is 15.0 Å². The number of rotatable bonds is 6. The highest BCUT2D eigenvalue weighted by molar-refractivity contribution is 6.27. The predicted octanol–water partition coefficient (Wildman–Crippen LogP) is 15.0. The van der Waals surface area contributed by atoms with E-state index in [0.717, 1.165) is 55.4 Å². The molecule has 13 rings (SSSR count). The Morgan fingerprint density at radius 2 is 0.828 bits per heavy atom. The Labute approximate surface area is 368 Å². The number of aromatic nitrogens is 5. The maximum Gasteiger partial charge on any atom is 0.164 e. The molecule has 0 radical (unpaired) electrons. The lowest BCUT2D eigenvalue weighted by molar-refractivity contribution is 1.08. The van der Waals surface area contributed by atoms with Gasteiger partial charge in [-0.1, -0.05) is 176 Å². The van der Waals surface area contributed by atoms with Gasteiger partial charge in [0, 0.05) is 49.6 Å². The average Bonchev–Trinajstić information content (AvgIpc) is 3.87. The van der Waals surface area contributed by atoms with Crippen molar-refractivity contribution in [3.8, 4) is 56.7 Å². The minimum atomic E-state index is 0.641. The lowest BCUT2D eigenvalue weighted by atomic mass is 9.94. The van der Waals surface area contributed by atoms with E-state index in [-0.39, 0.29) is 0 Å². The summed E-state index contributed by atoms with van der Waals surface area (Å²) < 4.78 is 4.89. The van der Waals surface area contributed by atoms with E-state index in [1.165, 1.54) is 49.0 Å². The highest BCUT2D eigenvalue weighted by Gasteiger charge is 2.22. The largest absolute Gasteiger partial charge is 0.309 e. The highest BCUT2D eigenvalue weighted by atomic mass is 15.0. The Morgan fingerprint density at radius 1 is 0.266 bits per heavy atom. The molecule has 3 aromatic heterocycles. The van der Waals surface area contributed by atoms with Gasteiger partial charge in [0.25, 0.3) is 0 Å². The zero-order valence-corrected chi connectivity index (χ0v) is 34.6. The number of benzene rings is 10. The van der Waals surface area contributed by atoms with Gasteiger partial charge >= 0.3 is 0 Å². The maximum atomic E-state index is 5.10. The SMILES string of the molecule is c1ccc(-c2nc(-c3ccccc3)nc(-c3cccc4cc(-n5c6ccccc6c6cc7c8c9ccccc9c(-c9ccccc9)cc8n(-c8ccccc8)c7cc65)ccc34)n2)cc1. The molecule has 0 spiro atoms. The van der Waals surface area contributed by atoms with Crippen molar-refractivity contribution in [1.29, 1.82) is 0 Å². The minimum Gasteiger partial charge on any atom is -0.309 e. The van der Waals surface area contributed by atoms with Gasteiger partial charge < -0.3 is 9.13 Å². The van der Waals surface area contributed by atoms with Crippen molar-refractivity contribution < 1.29 is 0 Å². The Morgan fingerprint density at radius 3 is 1.53 bits per heavy atom. The fraction of sp³-hybridized carbons (Fsp3) is 0. The van der Waals surface area contributed by atoms with Crippen molar-refractivity contribution in [3.05, 3.63) is 224 Å². The van der Waals surface area contributed by atoms with Gasteiger partial charge in [0.2, 0.25) is 0 Å². The molecule has 0 N–H and O–H groups in total. The summed E-state index contributed by atoms with van der Waals surface area (Å²) in [5.74, 6) is 1.93. The molecule has 0 aliphatic carbocycles. The molecule has 298 valence electrons. The van der Waals surface area contributed by atoms with E-state index >= 15 is 0 Å². The van der Waals surface area contributed by atoms with Crippen LogP contribution in [0.2, 0.25) is 0 Å². The highest BCUT2D eigenvalue weighted by Crippen LogP contribution is 2.45. The normalized spacial score (nSPS) is 11.8. The van der Waals surface area contributed by atoms with E-state index in [1.807, 2.05) is 60.7 Å². The third kappa shape index (κ3) is 5.68. The molecule has 0 atom stereocenters. The summed E-state index contributed by atoms with van der Waals surface area (Å²) in [6.07, 6.45) is 0. The van der Waals surface area contributed by atoms with Gasteiger partial charge in [-0.2, -0.15) is 0 Å². The van der Waals surface area contributed by atoms with Crippen LogP contribution in [0.5, 0.6) is 0 Å². The Hall–Kier alpha value is -8.67. The smallest absolute Gasteiger partial charge is 0.164 e. The first kappa shape index (κ1) is 36.0. The molecule has 0 fully saturated rings. The van der Waals surface area contributed by atoms with Crippen LogP contribution in [0, 0.1) is 0 Å².